The maximum absolute atomic E-state index is 5.92. The average molecular weight is 285 g/mol. The normalized spacial score (nSPS) is 10.6. The standard InChI is InChI=1S/C17H19NO3/c1-19-15-10-12(11-16(20-2)17(15)21-3)8-9-13-6-4-5-7-14(13)18/h4-11H,18H2,1-3H3/b9-8-. The summed E-state index contributed by atoms with van der Waals surface area (Å²) in [5, 5.41) is 0. The number of para-hydroxylation sites is 1. The molecule has 0 amide bonds. The monoisotopic (exact) mass is 285 g/mol. The van der Waals surface area contributed by atoms with Crippen LogP contribution in [-0.2, 0) is 0 Å². The lowest BCUT2D eigenvalue weighted by atomic mass is 10.1. The van der Waals surface area contributed by atoms with Gasteiger partial charge in [-0.3, -0.25) is 0 Å². The Hall–Kier alpha value is -2.62. The quantitative estimate of drug-likeness (QED) is 0.675. The first-order valence-corrected chi connectivity index (χ1v) is 6.52. The molecule has 4 heteroatoms. The zero-order chi connectivity index (χ0) is 15.2. The fourth-order valence-electron chi connectivity index (χ4n) is 2.05. The zero-order valence-corrected chi connectivity index (χ0v) is 12.4. The van der Waals surface area contributed by atoms with Gasteiger partial charge in [0.15, 0.2) is 11.5 Å². The van der Waals surface area contributed by atoms with Gasteiger partial charge in [0.25, 0.3) is 0 Å². The Balaban J connectivity index is 2.39. The molecule has 0 aliphatic heterocycles. The van der Waals surface area contributed by atoms with Gasteiger partial charge in [-0.15, -0.1) is 0 Å². The summed E-state index contributed by atoms with van der Waals surface area (Å²) in [5.74, 6) is 1.83. The molecule has 21 heavy (non-hydrogen) atoms. The van der Waals surface area contributed by atoms with Crippen LogP contribution in [0, 0.1) is 0 Å². The fourth-order valence-corrected chi connectivity index (χ4v) is 2.05. The second kappa shape index (κ2) is 6.70. The molecule has 0 aromatic heterocycles. The Labute approximate surface area is 124 Å². The molecule has 2 aromatic rings. The first-order valence-electron chi connectivity index (χ1n) is 6.52. The van der Waals surface area contributed by atoms with Crippen molar-refractivity contribution < 1.29 is 14.2 Å². The van der Waals surface area contributed by atoms with Crippen LogP contribution in [0.25, 0.3) is 12.2 Å². The maximum atomic E-state index is 5.92. The molecule has 0 radical (unpaired) electrons. The molecule has 2 rings (SSSR count). The summed E-state index contributed by atoms with van der Waals surface area (Å²) >= 11 is 0. The smallest absolute Gasteiger partial charge is 0.203 e. The van der Waals surface area contributed by atoms with Gasteiger partial charge in [-0.2, -0.15) is 0 Å². The van der Waals surface area contributed by atoms with Crippen LogP contribution in [0.5, 0.6) is 17.2 Å². The van der Waals surface area contributed by atoms with Crippen LogP contribution in [-0.4, -0.2) is 21.3 Å². The molecule has 0 saturated heterocycles. The van der Waals surface area contributed by atoms with E-state index in [1.165, 1.54) is 0 Å². The third kappa shape index (κ3) is 3.28. The lowest BCUT2D eigenvalue weighted by Crippen LogP contribution is -1.95. The molecule has 0 saturated carbocycles. The van der Waals surface area contributed by atoms with E-state index >= 15 is 0 Å². The summed E-state index contributed by atoms with van der Waals surface area (Å²) < 4.78 is 16.0. The Bertz CT molecular complexity index is 625. The van der Waals surface area contributed by atoms with Crippen LogP contribution in [0.2, 0.25) is 0 Å². The van der Waals surface area contributed by atoms with Crippen molar-refractivity contribution in [3.05, 3.63) is 47.5 Å². The van der Waals surface area contributed by atoms with Crippen molar-refractivity contribution in [2.24, 2.45) is 0 Å². The first-order chi connectivity index (χ1) is 10.2. The average Bonchev–Trinajstić information content (AvgIpc) is 2.52. The van der Waals surface area contributed by atoms with Gasteiger partial charge in [0.05, 0.1) is 21.3 Å². The number of hydrogen-bond donors (Lipinski definition) is 1. The van der Waals surface area contributed by atoms with Gasteiger partial charge < -0.3 is 19.9 Å². The maximum Gasteiger partial charge on any atom is 0.203 e. The number of nitrogens with two attached hydrogens (primary N) is 1. The lowest BCUT2D eigenvalue weighted by Gasteiger charge is -2.12. The highest BCUT2D eigenvalue weighted by atomic mass is 16.5. The van der Waals surface area contributed by atoms with Gasteiger partial charge in [0, 0.05) is 5.69 Å². The molecule has 110 valence electrons. The number of rotatable bonds is 5. The van der Waals surface area contributed by atoms with E-state index in [2.05, 4.69) is 0 Å². The lowest BCUT2D eigenvalue weighted by molar-refractivity contribution is 0.324. The third-order valence-electron chi connectivity index (χ3n) is 3.14. The Morgan fingerprint density at radius 1 is 0.857 bits per heavy atom. The number of anilines is 1. The molecule has 0 atom stereocenters. The van der Waals surface area contributed by atoms with Crippen molar-refractivity contribution in [3.63, 3.8) is 0 Å². The third-order valence-corrected chi connectivity index (χ3v) is 3.14. The summed E-state index contributed by atoms with van der Waals surface area (Å²) in [4.78, 5) is 0. The van der Waals surface area contributed by atoms with E-state index in [0.717, 1.165) is 16.8 Å². The molecule has 2 N–H and O–H groups in total. The van der Waals surface area contributed by atoms with Crippen LogP contribution in [0.4, 0.5) is 5.69 Å². The number of hydrogen-bond acceptors (Lipinski definition) is 4. The van der Waals surface area contributed by atoms with E-state index in [4.69, 9.17) is 19.9 Å². The van der Waals surface area contributed by atoms with Gasteiger partial charge >= 0.3 is 0 Å². The molecular formula is C17H19NO3. The molecule has 0 heterocycles. The second-order valence-electron chi connectivity index (χ2n) is 4.42. The second-order valence-corrected chi connectivity index (χ2v) is 4.42. The zero-order valence-electron chi connectivity index (χ0n) is 12.4. The highest BCUT2D eigenvalue weighted by Crippen LogP contribution is 2.38. The predicted octanol–water partition coefficient (Wildman–Crippen LogP) is 3.47. The summed E-state index contributed by atoms with van der Waals surface area (Å²) in [7, 11) is 4.78. The van der Waals surface area contributed by atoms with E-state index in [1.54, 1.807) is 21.3 Å². The van der Waals surface area contributed by atoms with Crippen LogP contribution in [0.15, 0.2) is 36.4 Å². The van der Waals surface area contributed by atoms with E-state index in [-0.39, 0.29) is 0 Å². The molecule has 0 aliphatic carbocycles. The minimum atomic E-state index is 0.580. The van der Waals surface area contributed by atoms with Gasteiger partial charge in [-0.25, -0.2) is 0 Å². The molecule has 0 spiro atoms. The summed E-state index contributed by atoms with van der Waals surface area (Å²) in [5.41, 5.74) is 8.56. The highest BCUT2D eigenvalue weighted by Gasteiger charge is 2.11. The Morgan fingerprint density at radius 2 is 1.48 bits per heavy atom. The van der Waals surface area contributed by atoms with Crippen molar-refractivity contribution in [1.82, 2.24) is 0 Å². The van der Waals surface area contributed by atoms with Crippen molar-refractivity contribution in [2.75, 3.05) is 27.1 Å². The predicted molar refractivity (Wildman–Crippen MR) is 85.9 cm³/mol. The van der Waals surface area contributed by atoms with Crippen molar-refractivity contribution in [2.45, 2.75) is 0 Å². The number of benzene rings is 2. The molecular weight excluding hydrogens is 266 g/mol. The SMILES string of the molecule is COc1cc(/C=C\c2ccccc2N)cc(OC)c1OC. The molecule has 0 fully saturated rings. The van der Waals surface area contributed by atoms with E-state index in [1.807, 2.05) is 48.6 Å². The van der Waals surface area contributed by atoms with Crippen molar-refractivity contribution in [1.29, 1.82) is 0 Å². The van der Waals surface area contributed by atoms with Crippen LogP contribution in [0.3, 0.4) is 0 Å². The molecule has 0 bridgehead atoms. The van der Waals surface area contributed by atoms with Crippen LogP contribution >= 0.6 is 0 Å². The largest absolute Gasteiger partial charge is 0.493 e. The van der Waals surface area contributed by atoms with Crippen LogP contribution < -0.4 is 19.9 Å². The number of ether oxygens (including phenoxy) is 3. The first kappa shape index (κ1) is 14.8. The number of nitrogen functional groups attached to an aromatic ring is 1. The van der Waals surface area contributed by atoms with Gasteiger partial charge in [-0.05, 0) is 29.3 Å². The van der Waals surface area contributed by atoms with Gasteiger partial charge in [-0.1, -0.05) is 30.4 Å². The summed E-state index contributed by atoms with van der Waals surface area (Å²) in [6.45, 7) is 0. The van der Waals surface area contributed by atoms with Crippen LogP contribution in [0.1, 0.15) is 11.1 Å². The van der Waals surface area contributed by atoms with E-state index < -0.39 is 0 Å². The molecule has 4 nitrogen and oxygen atoms in total. The Morgan fingerprint density at radius 3 is 2.00 bits per heavy atom. The Kier molecular flexibility index (Phi) is 4.72. The fraction of sp³-hybridized carbons (Fsp3) is 0.176. The topological polar surface area (TPSA) is 53.7 Å². The van der Waals surface area contributed by atoms with Gasteiger partial charge in [0.2, 0.25) is 5.75 Å². The van der Waals surface area contributed by atoms with Crippen molar-refractivity contribution in [3.8, 4) is 17.2 Å². The highest BCUT2D eigenvalue weighted by molar-refractivity contribution is 5.77. The molecule has 2 aromatic carbocycles. The summed E-state index contributed by atoms with van der Waals surface area (Å²) in [6, 6.07) is 11.5. The summed E-state index contributed by atoms with van der Waals surface area (Å²) in [6.07, 6.45) is 3.91. The van der Waals surface area contributed by atoms with Crippen molar-refractivity contribution >= 4 is 17.8 Å². The molecule has 0 aliphatic rings. The van der Waals surface area contributed by atoms with Gasteiger partial charge in [0.1, 0.15) is 0 Å². The minimum Gasteiger partial charge on any atom is -0.493 e. The van der Waals surface area contributed by atoms with E-state index in [0.29, 0.717) is 17.2 Å². The molecule has 0 unspecified atom stereocenters. The number of methoxy groups -OCH3 is 3. The minimum absolute atomic E-state index is 0.580. The van der Waals surface area contributed by atoms with E-state index in [9.17, 15) is 0 Å².